The molecular formula is C25H20N4O3S2. The molecule has 170 valence electrons. The quantitative estimate of drug-likeness (QED) is 0.314. The van der Waals surface area contributed by atoms with Gasteiger partial charge in [0.15, 0.2) is 0 Å². The number of pyridine rings is 1. The minimum absolute atomic E-state index is 0.232. The van der Waals surface area contributed by atoms with Gasteiger partial charge in [-0.2, -0.15) is 0 Å². The zero-order chi connectivity index (χ0) is 23.7. The summed E-state index contributed by atoms with van der Waals surface area (Å²) in [4.78, 5) is 33.3. The Bertz CT molecular complexity index is 1480. The lowest BCUT2D eigenvalue weighted by Gasteiger charge is -2.14. The van der Waals surface area contributed by atoms with E-state index in [9.17, 15) is 9.59 Å². The highest BCUT2D eigenvalue weighted by molar-refractivity contribution is 8.26. The van der Waals surface area contributed by atoms with E-state index in [1.165, 1.54) is 16.2 Å². The predicted octanol–water partition coefficient (Wildman–Crippen LogP) is 4.61. The number of carbonyl (C=O) groups excluding carboxylic acids is 1. The molecule has 0 spiro atoms. The number of fused-ring (bicyclic) bond motifs is 1. The van der Waals surface area contributed by atoms with Crippen molar-refractivity contribution in [1.29, 1.82) is 0 Å². The van der Waals surface area contributed by atoms with E-state index in [0.29, 0.717) is 39.5 Å². The molecule has 1 N–H and O–H groups in total. The molecule has 1 aliphatic heterocycles. The molecule has 0 atom stereocenters. The number of anilines is 1. The monoisotopic (exact) mass is 488 g/mol. The third kappa shape index (κ3) is 4.27. The van der Waals surface area contributed by atoms with Gasteiger partial charge in [0.25, 0.3) is 11.5 Å². The Labute approximate surface area is 205 Å². The minimum Gasteiger partial charge on any atom is -0.467 e. The number of hydrogen-bond acceptors (Lipinski definition) is 7. The van der Waals surface area contributed by atoms with Gasteiger partial charge in [-0.25, -0.2) is 4.98 Å². The normalized spacial score (nSPS) is 15.0. The summed E-state index contributed by atoms with van der Waals surface area (Å²) in [6, 6.07) is 17.0. The highest BCUT2D eigenvalue weighted by Crippen LogP contribution is 2.34. The molecule has 0 bridgehead atoms. The summed E-state index contributed by atoms with van der Waals surface area (Å²) in [6.07, 6.45) is 4.84. The van der Waals surface area contributed by atoms with E-state index in [2.05, 4.69) is 5.32 Å². The van der Waals surface area contributed by atoms with Crippen LogP contribution in [0.2, 0.25) is 0 Å². The largest absolute Gasteiger partial charge is 0.467 e. The number of aromatic nitrogens is 2. The van der Waals surface area contributed by atoms with Gasteiger partial charge in [-0.05, 0) is 42.3 Å². The van der Waals surface area contributed by atoms with E-state index in [-0.39, 0.29) is 17.0 Å². The van der Waals surface area contributed by atoms with Gasteiger partial charge in [-0.15, -0.1) is 0 Å². The maximum Gasteiger partial charge on any atom is 0.267 e. The first-order chi connectivity index (χ1) is 16.5. The number of rotatable bonds is 6. The number of nitrogens with zero attached hydrogens (tertiary/aromatic N) is 3. The molecule has 4 aromatic rings. The van der Waals surface area contributed by atoms with Gasteiger partial charge in [0.05, 0.1) is 29.8 Å². The molecule has 1 amide bonds. The average Bonchev–Trinajstić information content (AvgIpc) is 3.45. The zero-order valence-corrected chi connectivity index (χ0v) is 19.9. The molecular weight excluding hydrogens is 468 g/mol. The van der Waals surface area contributed by atoms with E-state index >= 15 is 0 Å². The van der Waals surface area contributed by atoms with Crippen LogP contribution in [0.3, 0.4) is 0 Å². The van der Waals surface area contributed by atoms with Crippen molar-refractivity contribution in [3.05, 3.63) is 105 Å². The number of thioether (sulfide) groups is 1. The van der Waals surface area contributed by atoms with Crippen molar-refractivity contribution in [3.63, 3.8) is 0 Å². The zero-order valence-electron chi connectivity index (χ0n) is 18.2. The molecule has 5 rings (SSSR count). The predicted molar refractivity (Wildman–Crippen MR) is 137 cm³/mol. The van der Waals surface area contributed by atoms with Crippen molar-refractivity contribution in [3.8, 4) is 0 Å². The molecule has 1 aliphatic rings. The summed E-state index contributed by atoms with van der Waals surface area (Å²) in [5.41, 5.74) is 2.40. The van der Waals surface area contributed by atoms with E-state index < -0.39 is 0 Å². The lowest BCUT2D eigenvalue weighted by molar-refractivity contribution is -0.122. The highest BCUT2D eigenvalue weighted by atomic mass is 32.2. The topological polar surface area (TPSA) is 79.9 Å². The molecule has 3 aromatic heterocycles. The van der Waals surface area contributed by atoms with Gasteiger partial charge >= 0.3 is 0 Å². The first kappa shape index (κ1) is 22.1. The molecule has 1 saturated heterocycles. The fourth-order valence-corrected chi connectivity index (χ4v) is 4.93. The third-order valence-corrected chi connectivity index (χ3v) is 6.80. The van der Waals surface area contributed by atoms with Crippen LogP contribution in [0.4, 0.5) is 5.82 Å². The molecule has 0 saturated carbocycles. The number of nitrogens with one attached hydrogen (secondary N) is 1. The van der Waals surface area contributed by atoms with E-state index in [1.54, 1.807) is 35.6 Å². The smallest absolute Gasteiger partial charge is 0.267 e. The number of carbonyl (C=O) groups is 1. The molecule has 4 heterocycles. The lowest BCUT2D eigenvalue weighted by atomic mass is 10.2. The van der Waals surface area contributed by atoms with Crippen LogP contribution in [0.15, 0.2) is 81.2 Å². The Hall–Kier alpha value is -3.69. The fourth-order valence-electron chi connectivity index (χ4n) is 3.69. The third-order valence-electron chi connectivity index (χ3n) is 5.43. The summed E-state index contributed by atoms with van der Waals surface area (Å²) in [5, 5.41) is 3.20. The Morgan fingerprint density at radius 1 is 1.12 bits per heavy atom. The van der Waals surface area contributed by atoms with Crippen LogP contribution in [0.25, 0.3) is 11.7 Å². The van der Waals surface area contributed by atoms with Crippen molar-refractivity contribution in [2.75, 3.05) is 5.32 Å². The van der Waals surface area contributed by atoms with Crippen LogP contribution >= 0.6 is 24.0 Å². The number of amides is 1. The number of thiocarbonyl (C=S) groups is 1. The van der Waals surface area contributed by atoms with Gasteiger partial charge in [0, 0.05) is 6.20 Å². The fraction of sp³-hybridized carbons (Fsp3) is 0.120. The van der Waals surface area contributed by atoms with Crippen LogP contribution in [0.1, 0.15) is 22.5 Å². The van der Waals surface area contributed by atoms with Crippen LogP contribution in [-0.2, 0) is 17.9 Å². The Morgan fingerprint density at radius 2 is 1.94 bits per heavy atom. The van der Waals surface area contributed by atoms with Crippen molar-refractivity contribution < 1.29 is 9.21 Å². The van der Waals surface area contributed by atoms with Crippen LogP contribution in [0.5, 0.6) is 0 Å². The maximum absolute atomic E-state index is 13.5. The van der Waals surface area contributed by atoms with Crippen molar-refractivity contribution in [1.82, 2.24) is 14.3 Å². The van der Waals surface area contributed by atoms with Crippen molar-refractivity contribution in [2.45, 2.75) is 20.0 Å². The Balaban J connectivity index is 1.54. The highest BCUT2D eigenvalue weighted by Gasteiger charge is 2.32. The Morgan fingerprint density at radius 3 is 2.71 bits per heavy atom. The van der Waals surface area contributed by atoms with E-state index in [1.807, 2.05) is 49.4 Å². The summed E-state index contributed by atoms with van der Waals surface area (Å²) in [7, 11) is 0. The Kier molecular flexibility index (Phi) is 6.04. The molecule has 1 fully saturated rings. The first-order valence-electron chi connectivity index (χ1n) is 10.6. The van der Waals surface area contributed by atoms with Crippen LogP contribution in [0, 0.1) is 6.92 Å². The summed E-state index contributed by atoms with van der Waals surface area (Å²) < 4.78 is 7.34. The molecule has 0 aliphatic carbocycles. The number of hydrogen-bond donors (Lipinski definition) is 1. The molecule has 9 heteroatoms. The number of aryl methyl sites for hydroxylation is 1. The maximum atomic E-state index is 13.5. The van der Waals surface area contributed by atoms with Gasteiger partial charge < -0.3 is 9.73 Å². The summed E-state index contributed by atoms with van der Waals surface area (Å²) >= 11 is 6.66. The molecule has 7 nitrogen and oxygen atoms in total. The van der Waals surface area contributed by atoms with Crippen LogP contribution < -0.4 is 10.9 Å². The van der Waals surface area contributed by atoms with Gasteiger partial charge in [0.1, 0.15) is 21.5 Å². The first-order valence-corrected chi connectivity index (χ1v) is 11.8. The van der Waals surface area contributed by atoms with Crippen molar-refractivity contribution >= 4 is 51.7 Å². The SMILES string of the molecule is Cc1cccn2c(=O)c(/C=C3/SC(=S)N(Cc4ccccc4)C3=O)c(NCc3ccco3)nc12. The van der Waals surface area contributed by atoms with Crippen molar-refractivity contribution in [2.24, 2.45) is 0 Å². The van der Waals surface area contributed by atoms with E-state index in [0.717, 1.165) is 11.1 Å². The molecule has 34 heavy (non-hydrogen) atoms. The standard InChI is InChI=1S/C25H20N4O3S2/c1-16-7-5-11-28-22(16)27-21(26-14-18-10-6-12-32-18)19(23(28)30)13-20-24(31)29(25(33)34-20)15-17-8-3-2-4-9-17/h2-13,26H,14-15H2,1H3/b20-13+. The summed E-state index contributed by atoms with van der Waals surface area (Å²) in [5.74, 6) is 0.848. The van der Waals surface area contributed by atoms with E-state index in [4.69, 9.17) is 21.6 Å². The van der Waals surface area contributed by atoms with Gasteiger partial charge in [-0.1, -0.05) is 60.4 Å². The molecule has 0 unspecified atom stereocenters. The number of benzene rings is 1. The second-order valence-electron chi connectivity index (χ2n) is 7.75. The minimum atomic E-state index is -0.274. The molecule has 0 radical (unpaired) electrons. The van der Waals surface area contributed by atoms with Gasteiger partial charge in [-0.3, -0.25) is 18.9 Å². The second kappa shape index (κ2) is 9.28. The van der Waals surface area contributed by atoms with Crippen LogP contribution in [-0.4, -0.2) is 24.5 Å². The lowest BCUT2D eigenvalue weighted by Crippen LogP contribution is -2.27. The average molecular weight is 489 g/mol. The second-order valence-corrected chi connectivity index (χ2v) is 9.43. The summed E-state index contributed by atoms with van der Waals surface area (Å²) in [6.45, 7) is 2.62. The number of furan rings is 1. The molecule has 1 aromatic carbocycles. The van der Waals surface area contributed by atoms with Gasteiger partial charge in [0.2, 0.25) is 0 Å².